The lowest BCUT2D eigenvalue weighted by Gasteiger charge is -2.08. The summed E-state index contributed by atoms with van der Waals surface area (Å²) in [6.45, 7) is 3.69. The van der Waals surface area contributed by atoms with E-state index >= 15 is 0 Å². The lowest BCUT2D eigenvalue weighted by atomic mass is 10.4. The van der Waals surface area contributed by atoms with E-state index in [1.807, 2.05) is 13.8 Å². The smallest absolute Gasteiger partial charge is 0.320 e. The summed E-state index contributed by atoms with van der Waals surface area (Å²) in [6.07, 6.45) is 0. The fourth-order valence-corrected chi connectivity index (χ4v) is 0.829. The van der Waals surface area contributed by atoms with E-state index in [-0.39, 0.29) is 17.6 Å². The Bertz CT molecular complexity index is 351. The van der Waals surface area contributed by atoms with Crippen LogP contribution in [0, 0.1) is 0 Å². The van der Waals surface area contributed by atoms with Gasteiger partial charge in [-0.25, -0.2) is 9.89 Å². The molecule has 6 nitrogen and oxygen atoms in total. The van der Waals surface area contributed by atoms with Gasteiger partial charge in [-0.2, -0.15) is 5.10 Å². The number of aromatic nitrogens is 2. The maximum atomic E-state index is 11.2. The maximum absolute atomic E-state index is 11.2. The van der Waals surface area contributed by atoms with E-state index in [0.717, 1.165) is 0 Å². The first-order valence-electron chi connectivity index (χ1n) is 4.21. The number of anilines is 1. The Balaban J connectivity index is 2.56. The molecule has 1 aromatic heterocycles. The number of nitrogens with one attached hydrogen (secondary N) is 3. The SMILES string of the molecule is CC(C)NC(=O)Nc1ccc(=O)[nH]n1. The first kappa shape index (κ1) is 10.2. The average Bonchev–Trinajstić information content (AvgIpc) is 2.07. The second-order valence-electron chi connectivity index (χ2n) is 3.06. The van der Waals surface area contributed by atoms with Crippen LogP contribution >= 0.6 is 0 Å². The van der Waals surface area contributed by atoms with Gasteiger partial charge >= 0.3 is 6.03 Å². The van der Waals surface area contributed by atoms with Crippen molar-refractivity contribution in [3.05, 3.63) is 22.5 Å². The number of aromatic amines is 1. The van der Waals surface area contributed by atoms with Gasteiger partial charge in [0.1, 0.15) is 0 Å². The summed E-state index contributed by atoms with van der Waals surface area (Å²) in [5.41, 5.74) is -0.306. The van der Waals surface area contributed by atoms with Crippen molar-refractivity contribution in [1.82, 2.24) is 15.5 Å². The Hall–Kier alpha value is -1.85. The Labute approximate surface area is 80.7 Å². The van der Waals surface area contributed by atoms with Crippen molar-refractivity contribution < 1.29 is 4.79 Å². The summed E-state index contributed by atoms with van der Waals surface area (Å²) in [4.78, 5) is 21.8. The van der Waals surface area contributed by atoms with Gasteiger partial charge in [-0.1, -0.05) is 0 Å². The normalized spacial score (nSPS) is 9.93. The van der Waals surface area contributed by atoms with E-state index in [1.165, 1.54) is 12.1 Å². The molecule has 0 radical (unpaired) electrons. The van der Waals surface area contributed by atoms with Crippen LogP contribution in [0.4, 0.5) is 10.6 Å². The van der Waals surface area contributed by atoms with E-state index in [4.69, 9.17) is 0 Å². The molecule has 6 heteroatoms. The van der Waals surface area contributed by atoms with Crippen LogP contribution in [0.15, 0.2) is 16.9 Å². The molecule has 0 atom stereocenters. The minimum Gasteiger partial charge on any atom is -0.336 e. The molecule has 14 heavy (non-hydrogen) atoms. The molecule has 1 aromatic rings. The first-order valence-corrected chi connectivity index (χ1v) is 4.21. The van der Waals surface area contributed by atoms with Crippen molar-refractivity contribution in [1.29, 1.82) is 0 Å². The van der Waals surface area contributed by atoms with Crippen LogP contribution in [-0.4, -0.2) is 22.3 Å². The number of nitrogens with zero attached hydrogens (tertiary/aromatic N) is 1. The summed E-state index contributed by atoms with van der Waals surface area (Å²) in [5.74, 6) is 0.308. The van der Waals surface area contributed by atoms with Crippen LogP contribution in [-0.2, 0) is 0 Å². The van der Waals surface area contributed by atoms with Crippen molar-refractivity contribution in [3.63, 3.8) is 0 Å². The molecule has 1 heterocycles. The van der Waals surface area contributed by atoms with Crippen LogP contribution in [0.25, 0.3) is 0 Å². The van der Waals surface area contributed by atoms with Crippen molar-refractivity contribution in [2.24, 2.45) is 0 Å². The fourth-order valence-electron chi connectivity index (χ4n) is 0.829. The van der Waals surface area contributed by atoms with Gasteiger partial charge in [-0.05, 0) is 19.9 Å². The quantitative estimate of drug-likeness (QED) is 0.635. The number of carbonyl (C=O) groups excluding carboxylic acids is 1. The number of hydrogen-bond acceptors (Lipinski definition) is 3. The maximum Gasteiger partial charge on any atom is 0.320 e. The van der Waals surface area contributed by atoms with Crippen molar-refractivity contribution in [2.75, 3.05) is 5.32 Å². The predicted molar refractivity (Wildman–Crippen MR) is 52.1 cm³/mol. The molecule has 76 valence electrons. The van der Waals surface area contributed by atoms with Gasteiger partial charge in [-0.15, -0.1) is 0 Å². The monoisotopic (exact) mass is 196 g/mol. The molecule has 0 unspecified atom stereocenters. The van der Waals surface area contributed by atoms with Gasteiger partial charge in [0, 0.05) is 12.1 Å². The minimum atomic E-state index is -0.348. The number of amides is 2. The summed E-state index contributed by atoms with van der Waals surface area (Å²) >= 11 is 0. The first-order chi connectivity index (χ1) is 6.58. The molecule has 3 N–H and O–H groups in total. The van der Waals surface area contributed by atoms with E-state index < -0.39 is 0 Å². The Morgan fingerprint density at radius 3 is 2.71 bits per heavy atom. The molecule has 0 aromatic carbocycles. The van der Waals surface area contributed by atoms with E-state index in [9.17, 15) is 9.59 Å². The van der Waals surface area contributed by atoms with E-state index in [2.05, 4.69) is 20.8 Å². The van der Waals surface area contributed by atoms with Gasteiger partial charge in [0.05, 0.1) is 0 Å². The molecule has 0 aliphatic carbocycles. The number of carbonyl (C=O) groups is 1. The Morgan fingerprint density at radius 2 is 2.21 bits per heavy atom. The minimum absolute atomic E-state index is 0.0535. The standard InChI is InChI=1S/C8H12N4O2/c1-5(2)9-8(14)10-6-3-4-7(13)12-11-6/h3-5H,1-2H3,(H,12,13)(H2,9,10,11,14). The largest absolute Gasteiger partial charge is 0.336 e. The Kier molecular flexibility index (Phi) is 3.22. The topological polar surface area (TPSA) is 86.9 Å². The van der Waals surface area contributed by atoms with Crippen LogP contribution in [0.5, 0.6) is 0 Å². The second kappa shape index (κ2) is 4.40. The molecule has 0 saturated heterocycles. The van der Waals surface area contributed by atoms with Crippen molar-refractivity contribution >= 4 is 11.8 Å². The molecule has 0 saturated carbocycles. The zero-order valence-corrected chi connectivity index (χ0v) is 8.00. The third-order valence-electron chi connectivity index (χ3n) is 1.34. The zero-order chi connectivity index (χ0) is 10.6. The van der Waals surface area contributed by atoms with Gasteiger partial charge < -0.3 is 5.32 Å². The fraction of sp³-hybridized carbons (Fsp3) is 0.375. The van der Waals surface area contributed by atoms with Crippen LogP contribution in [0.2, 0.25) is 0 Å². The lowest BCUT2D eigenvalue weighted by Crippen LogP contribution is -2.34. The number of hydrogen-bond donors (Lipinski definition) is 3. The van der Waals surface area contributed by atoms with E-state index in [0.29, 0.717) is 5.82 Å². The third-order valence-corrected chi connectivity index (χ3v) is 1.34. The van der Waals surface area contributed by atoms with Gasteiger partial charge in [-0.3, -0.25) is 10.1 Å². The summed E-state index contributed by atoms with van der Waals surface area (Å²) in [5, 5.41) is 10.9. The molecule has 0 spiro atoms. The number of rotatable bonds is 2. The highest BCUT2D eigenvalue weighted by atomic mass is 16.2. The zero-order valence-electron chi connectivity index (χ0n) is 8.00. The molecule has 0 fully saturated rings. The van der Waals surface area contributed by atoms with Crippen molar-refractivity contribution in [2.45, 2.75) is 19.9 Å². The molecule has 1 rings (SSSR count). The molecule has 2 amide bonds. The van der Waals surface area contributed by atoms with Gasteiger partial charge in [0.15, 0.2) is 5.82 Å². The second-order valence-corrected chi connectivity index (χ2v) is 3.06. The van der Waals surface area contributed by atoms with Crippen LogP contribution < -0.4 is 16.2 Å². The van der Waals surface area contributed by atoms with Crippen LogP contribution in [0.1, 0.15) is 13.8 Å². The average molecular weight is 196 g/mol. The van der Waals surface area contributed by atoms with E-state index in [1.54, 1.807) is 0 Å². The predicted octanol–water partition coefficient (Wildman–Crippen LogP) is 0.300. The Morgan fingerprint density at radius 1 is 1.50 bits per heavy atom. The molecular formula is C8H12N4O2. The summed E-state index contributed by atoms with van der Waals surface area (Å²) in [7, 11) is 0. The summed E-state index contributed by atoms with van der Waals surface area (Å²) in [6, 6.07) is 2.42. The molecule has 0 aliphatic rings. The summed E-state index contributed by atoms with van der Waals surface area (Å²) < 4.78 is 0. The third kappa shape index (κ3) is 3.26. The lowest BCUT2D eigenvalue weighted by molar-refractivity contribution is 0.250. The number of urea groups is 1. The highest BCUT2D eigenvalue weighted by Gasteiger charge is 2.03. The highest BCUT2D eigenvalue weighted by molar-refractivity contribution is 5.88. The molecule has 0 bridgehead atoms. The van der Waals surface area contributed by atoms with Crippen molar-refractivity contribution in [3.8, 4) is 0 Å². The van der Waals surface area contributed by atoms with Gasteiger partial charge in [0.2, 0.25) is 0 Å². The molecular weight excluding hydrogens is 184 g/mol. The highest BCUT2D eigenvalue weighted by Crippen LogP contribution is 1.95. The molecule has 0 aliphatic heterocycles. The van der Waals surface area contributed by atoms with Gasteiger partial charge in [0.25, 0.3) is 5.56 Å². The number of H-pyrrole nitrogens is 1. The van der Waals surface area contributed by atoms with Crippen LogP contribution in [0.3, 0.4) is 0 Å².